The minimum atomic E-state index is -0.249. The van der Waals surface area contributed by atoms with Crippen molar-refractivity contribution in [2.75, 3.05) is 11.5 Å². The fourth-order valence-corrected chi connectivity index (χ4v) is 4.00. The summed E-state index contributed by atoms with van der Waals surface area (Å²) in [6.45, 7) is 0.0965. The SMILES string of the molecule is O=C(COc1ccc(Cl)cc1)N(Cc1ccco1)c1nc2c(Cl)cccc2s1. The number of fused-ring (bicyclic) bond motifs is 1. The second kappa shape index (κ2) is 8.22. The first kappa shape index (κ1) is 18.8. The van der Waals surface area contributed by atoms with Gasteiger partial charge in [-0.2, -0.15) is 0 Å². The van der Waals surface area contributed by atoms with Crippen LogP contribution in [0.4, 0.5) is 5.13 Å². The summed E-state index contributed by atoms with van der Waals surface area (Å²) >= 11 is 13.5. The number of rotatable bonds is 6. The molecule has 2 aromatic heterocycles. The summed E-state index contributed by atoms with van der Waals surface area (Å²) in [6.07, 6.45) is 1.57. The number of para-hydroxylation sites is 1. The lowest BCUT2D eigenvalue weighted by Crippen LogP contribution is -2.34. The zero-order valence-electron chi connectivity index (χ0n) is 14.5. The predicted molar refractivity (Wildman–Crippen MR) is 111 cm³/mol. The summed E-state index contributed by atoms with van der Waals surface area (Å²) in [5, 5.41) is 1.68. The van der Waals surface area contributed by atoms with Crippen LogP contribution >= 0.6 is 34.5 Å². The molecule has 0 spiro atoms. The van der Waals surface area contributed by atoms with E-state index in [0.717, 1.165) is 4.70 Å². The highest BCUT2D eigenvalue weighted by Crippen LogP contribution is 2.33. The summed E-state index contributed by atoms with van der Waals surface area (Å²) in [5.41, 5.74) is 0.667. The van der Waals surface area contributed by atoms with Gasteiger partial charge in [0.05, 0.1) is 22.5 Å². The number of hydrogen-bond donors (Lipinski definition) is 0. The van der Waals surface area contributed by atoms with Crippen molar-refractivity contribution in [1.29, 1.82) is 0 Å². The number of ether oxygens (including phenoxy) is 1. The number of furan rings is 1. The van der Waals surface area contributed by atoms with Crippen LogP contribution < -0.4 is 9.64 Å². The van der Waals surface area contributed by atoms with Crippen LogP contribution in [-0.4, -0.2) is 17.5 Å². The van der Waals surface area contributed by atoms with Crippen LogP contribution in [0.1, 0.15) is 5.76 Å². The third kappa shape index (κ3) is 4.14. The summed E-state index contributed by atoms with van der Waals surface area (Å²) in [4.78, 5) is 19.0. The van der Waals surface area contributed by atoms with E-state index in [2.05, 4.69) is 4.98 Å². The van der Waals surface area contributed by atoms with Gasteiger partial charge in [0.25, 0.3) is 5.91 Å². The Kier molecular flexibility index (Phi) is 5.52. The van der Waals surface area contributed by atoms with E-state index in [4.69, 9.17) is 32.4 Å². The molecule has 8 heteroatoms. The molecule has 2 aromatic carbocycles. The zero-order valence-corrected chi connectivity index (χ0v) is 16.8. The van der Waals surface area contributed by atoms with Crippen LogP contribution in [0.15, 0.2) is 65.3 Å². The molecular weight excluding hydrogens is 419 g/mol. The van der Waals surface area contributed by atoms with Crippen LogP contribution in [0.5, 0.6) is 5.75 Å². The lowest BCUT2D eigenvalue weighted by molar-refractivity contribution is -0.120. The summed E-state index contributed by atoms with van der Waals surface area (Å²) < 4.78 is 11.9. The van der Waals surface area contributed by atoms with Gasteiger partial charge >= 0.3 is 0 Å². The molecule has 0 fully saturated rings. The third-order valence-corrected chi connectivity index (χ3v) is 5.56. The molecule has 142 valence electrons. The number of hydrogen-bond acceptors (Lipinski definition) is 5. The van der Waals surface area contributed by atoms with Gasteiger partial charge in [-0.3, -0.25) is 9.69 Å². The van der Waals surface area contributed by atoms with Gasteiger partial charge in [0.15, 0.2) is 11.7 Å². The van der Waals surface area contributed by atoms with Crippen molar-refractivity contribution >= 4 is 55.8 Å². The maximum absolute atomic E-state index is 12.9. The molecule has 0 atom stereocenters. The molecule has 0 bridgehead atoms. The van der Waals surface area contributed by atoms with Gasteiger partial charge in [-0.15, -0.1) is 0 Å². The highest BCUT2D eigenvalue weighted by molar-refractivity contribution is 7.22. The summed E-state index contributed by atoms with van der Waals surface area (Å²) in [6, 6.07) is 16.0. The molecule has 0 N–H and O–H groups in total. The van der Waals surface area contributed by atoms with Crippen LogP contribution in [0, 0.1) is 0 Å². The standard InChI is InChI=1S/C20H14Cl2N2O3S/c21-13-6-8-14(9-7-13)27-12-18(25)24(11-15-3-2-10-26-15)20-23-19-16(22)4-1-5-17(19)28-20/h1-10H,11-12H2. The predicted octanol–water partition coefficient (Wildman–Crippen LogP) is 5.81. The monoisotopic (exact) mass is 432 g/mol. The Labute approximate surface area is 175 Å². The number of carbonyl (C=O) groups excluding carboxylic acids is 1. The number of benzene rings is 2. The average Bonchev–Trinajstić information content (AvgIpc) is 3.35. The van der Waals surface area contributed by atoms with Crippen molar-refractivity contribution in [1.82, 2.24) is 4.98 Å². The van der Waals surface area contributed by atoms with E-state index < -0.39 is 0 Å². The summed E-state index contributed by atoms with van der Waals surface area (Å²) in [7, 11) is 0. The van der Waals surface area contributed by atoms with Gasteiger partial charge in [0, 0.05) is 5.02 Å². The molecule has 0 aliphatic heterocycles. The van der Waals surface area contributed by atoms with Crippen molar-refractivity contribution < 1.29 is 13.9 Å². The second-order valence-electron chi connectivity index (χ2n) is 5.88. The Morgan fingerprint density at radius 3 is 2.64 bits per heavy atom. The summed E-state index contributed by atoms with van der Waals surface area (Å²) in [5.74, 6) is 0.953. The maximum atomic E-state index is 12.9. The minimum absolute atomic E-state index is 0.147. The second-order valence-corrected chi connectivity index (χ2v) is 7.74. The number of nitrogens with zero attached hydrogens (tertiary/aromatic N) is 2. The molecule has 0 saturated carbocycles. The first-order valence-electron chi connectivity index (χ1n) is 8.36. The molecule has 28 heavy (non-hydrogen) atoms. The van der Waals surface area contributed by atoms with Gasteiger partial charge in [-0.25, -0.2) is 4.98 Å². The molecule has 0 aliphatic rings. The normalized spacial score (nSPS) is 10.9. The van der Waals surface area contributed by atoms with Gasteiger partial charge in [-0.1, -0.05) is 40.6 Å². The van der Waals surface area contributed by atoms with Crippen LogP contribution in [0.2, 0.25) is 10.0 Å². The first-order valence-corrected chi connectivity index (χ1v) is 9.93. The van der Waals surface area contributed by atoms with Gasteiger partial charge in [-0.05, 0) is 48.5 Å². The number of thiazole rings is 1. The molecular formula is C20H14Cl2N2O3S. The zero-order chi connectivity index (χ0) is 19.5. The molecule has 0 aliphatic carbocycles. The molecule has 5 nitrogen and oxygen atoms in total. The first-order chi connectivity index (χ1) is 13.6. The minimum Gasteiger partial charge on any atom is -0.484 e. The van der Waals surface area contributed by atoms with E-state index in [-0.39, 0.29) is 19.1 Å². The number of amides is 1. The van der Waals surface area contributed by atoms with Gasteiger partial charge < -0.3 is 9.15 Å². The largest absolute Gasteiger partial charge is 0.484 e. The van der Waals surface area contributed by atoms with E-state index in [0.29, 0.717) is 32.2 Å². The van der Waals surface area contributed by atoms with E-state index >= 15 is 0 Å². The smallest absolute Gasteiger partial charge is 0.267 e. The highest BCUT2D eigenvalue weighted by atomic mass is 35.5. The number of halogens is 2. The molecule has 4 aromatic rings. The average molecular weight is 433 g/mol. The quantitative estimate of drug-likeness (QED) is 0.385. The van der Waals surface area contributed by atoms with Gasteiger partial charge in [0.2, 0.25) is 0 Å². The topological polar surface area (TPSA) is 55.6 Å². The Balaban J connectivity index is 1.59. The molecule has 1 amide bonds. The number of anilines is 1. The third-order valence-electron chi connectivity index (χ3n) is 3.96. The number of carbonyl (C=O) groups is 1. The van der Waals surface area contributed by atoms with Crippen LogP contribution in [0.3, 0.4) is 0 Å². The van der Waals surface area contributed by atoms with E-state index in [9.17, 15) is 4.79 Å². The lowest BCUT2D eigenvalue weighted by atomic mass is 10.3. The van der Waals surface area contributed by atoms with Gasteiger partial charge in [0.1, 0.15) is 17.0 Å². The molecule has 0 unspecified atom stereocenters. The van der Waals surface area contributed by atoms with E-state index in [1.165, 1.54) is 16.2 Å². The van der Waals surface area contributed by atoms with Crippen LogP contribution in [-0.2, 0) is 11.3 Å². The Morgan fingerprint density at radius 1 is 1.11 bits per heavy atom. The molecule has 0 saturated heterocycles. The van der Waals surface area contributed by atoms with Crippen molar-refractivity contribution in [2.45, 2.75) is 6.54 Å². The maximum Gasteiger partial charge on any atom is 0.267 e. The van der Waals surface area contributed by atoms with E-state index in [1.807, 2.05) is 12.1 Å². The fraction of sp³-hybridized carbons (Fsp3) is 0.100. The van der Waals surface area contributed by atoms with Crippen LogP contribution in [0.25, 0.3) is 10.2 Å². The molecule has 4 rings (SSSR count). The Bertz CT molecular complexity index is 1090. The Hall–Kier alpha value is -2.54. The fourth-order valence-electron chi connectivity index (χ4n) is 2.59. The number of aromatic nitrogens is 1. The van der Waals surface area contributed by atoms with Crippen molar-refractivity contribution in [2.24, 2.45) is 0 Å². The molecule has 0 radical (unpaired) electrons. The lowest BCUT2D eigenvalue weighted by Gasteiger charge is -2.19. The highest BCUT2D eigenvalue weighted by Gasteiger charge is 2.22. The van der Waals surface area contributed by atoms with Crippen molar-refractivity contribution in [3.8, 4) is 5.75 Å². The van der Waals surface area contributed by atoms with Crippen molar-refractivity contribution in [3.05, 3.63) is 76.7 Å². The Morgan fingerprint density at radius 2 is 1.93 bits per heavy atom. The van der Waals surface area contributed by atoms with Crippen molar-refractivity contribution in [3.63, 3.8) is 0 Å². The molecule has 2 heterocycles. The van der Waals surface area contributed by atoms with E-state index in [1.54, 1.807) is 48.7 Å².